The Bertz CT molecular complexity index is 389. The number of carbonyl (C=O) groups is 1. The quantitative estimate of drug-likeness (QED) is 0.708. The Labute approximate surface area is 99.5 Å². The van der Waals surface area contributed by atoms with E-state index >= 15 is 0 Å². The molecule has 1 heterocycles. The summed E-state index contributed by atoms with van der Waals surface area (Å²) in [6, 6.07) is 1.84. The summed E-state index contributed by atoms with van der Waals surface area (Å²) in [6.45, 7) is 6.58. The summed E-state index contributed by atoms with van der Waals surface area (Å²) in [5.41, 5.74) is 0.960. The van der Waals surface area contributed by atoms with Crippen molar-refractivity contribution in [3.63, 3.8) is 0 Å². The van der Waals surface area contributed by atoms with Crippen LogP contribution in [0, 0.1) is 17.3 Å². The maximum atomic E-state index is 12.1. The lowest BCUT2D eigenvalue weighted by atomic mass is 9.88. The highest BCUT2D eigenvalue weighted by Crippen LogP contribution is 2.52. The van der Waals surface area contributed by atoms with Gasteiger partial charge in [0.15, 0.2) is 5.78 Å². The highest BCUT2D eigenvalue weighted by Gasteiger charge is 2.49. The molecule has 82 valence electrons. The van der Waals surface area contributed by atoms with Crippen LogP contribution in [0.15, 0.2) is 11.4 Å². The Morgan fingerprint density at radius 3 is 2.60 bits per heavy atom. The molecule has 1 aliphatic carbocycles. The standard InChI is InChI=1S/C12H15ClOS/c1-12(2,3)9-6-8(9)10(14)7-4-5-15-11(7)13/h4-5,8-9H,6H2,1-3H3. The minimum Gasteiger partial charge on any atom is -0.294 e. The first kappa shape index (κ1) is 11.2. The van der Waals surface area contributed by atoms with Crippen LogP contribution in [0.1, 0.15) is 37.6 Å². The molecule has 1 fully saturated rings. The third kappa shape index (κ3) is 2.11. The van der Waals surface area contributed by atoms with Gasteiger partial charge in [0, 0.05) is 11.5 Å². The maximum Gasteiger partial charge on any atom is 0.168 e. The molecular formula is C12H15ClOS. The molecule has 0 spiro atoms. The van der Waals surface area contributed by atoms with Gasteiger partial charge in [-0.15, -0.1) is 11.3 Å². The molecule has 0 radical (unpaired) electrons. The van der Waals surface area contributed by atoms with E-state index in [0.29, 0.717) is 10.3 Å². The van der Waals surface area contributed by atoms with Crippen LogP contribution in [0.5, 0.6) is 0 Å². The molecule has 0 aromatic carbocycles. The summed E-state index contributed by atoms with van der Waals surface area (Å²) in [5.74, 6) is 0.972. The van der Waals surface area contributed by atoms with E-state index in [4.69, 9.17) is 11.6 Å². The molecule has 0 aliphatic heterocycles. The molecule has 3 heteroatoms. The zero-order valence-corrected chi connectivity index (χ0v) is 10.8. The number of hydrogen-bond donors (Lipinski definition) is 0. The van der Waals surface area contributed by atoms with E-state index in [0.717, 1.165) is 12.0 Å². The van der Waals surface area contributed by atoms with E-state index in [1.165, 1.54) is 11.3 Å². The van der Waals surface area contributed by atoms with Crippen LogP contribution >= 0.6 is 22.9 Å². The van der Waals surface area contributed by atoms with Gasteiger partial charge < -0.3 is 0 Å². The lowest BCUT2D eigenvalue weighted by molar-refractivity contribution is 0.0949. The molecule has 2 unspecified atom stereocenters. The van der Waals surface area contributed by atoms with Crippen molar-refractivity contribution in [2.45, 2.75) is 27.2 Å². The fraction of sp³-hybridized carbons (Fsp3) is 0.583. The monoisotopic (exact) mass is 242 g/mol. The zero-order chi connectivity index (χ0) is 11.2. The molecule has 0 bridgehead atoms. The lowest BCUT2D eigenvalue weighted by Crippen LogP contribution is -2.13. The van der Waals surface area contributed by atoms with Gasteiger partial charge in [0.25, 0.3) is 0 Å². The smallest absolute Gasteiger partial charge is 0.168 e. The van der Waals surface area contributed by atoms with E-state index in [1.54, 1.807) is 0 Å². The van der Waals surface area contributed by atoms with Crippen molar-refractivity contribution in [1.29, 1.82) is 0 Å². The highest BCUT2D eigenvalue weighted by atomic mass is 35.5. The van der Waals surface area contributed by atoms with Gasteiger partial charge in [-0.2, -0.15) is 0 Å². The minimum atomic E-state index is 0.206. The van der Waals surface area contributed by atoms with E-state index in [1.807, 2.05) is 11.4 Å². The van der Waals surface area contributed by atoms with Crippen LogP contribution in [0.2, 0.25) is 4.34 Å². The summed E-state index contributed by atoms with van der Waals surface area (Å²) in [5, 5.41) is 1.88. The van der Waals surface area contributed by atoms with Crippen molar-refractivity contribution >= 4 is 28.7 Å². The van der Waals surface area contributed by atoms with Gasteiger partial charge in [-0.1, -0.05) is 32.4 Å². The summed E-state index contributed by atoms with van der Waals surface area (Å²) in [7, 11) is 0. The summed E-state index contributed by atoms with van der Waals surface area (Å²) in [4.78, 5) is 12.1. The van der Waals surface area contributed by atoms with Gasteiger partial charge in [-0.3, -0.25) is 4.79 Å². The van der Waals surface area contributed by atoms with Crippen molar-refractivity contribution in [2.24, 2.45) is 17.3 Å². The molecule has 0 saturated heterocycles. The fourth-order valence-corrected chi connectivity index (χ4v) is 3.04. The first-order valence-corrected chi connectivity index (χ1v) is 6.44. The number of ketones is 1. The average Bonchev–Trinajstić information content (AvgIpc) is 2.82. The number of rotatable bonds is 2. The molecule has 0 N–H and O–H groups in total. The van der Waals surface area contributed by atoms with Crippen molar-refractivity contribution < 1.29 is 4.79 Å². The Kier molecular flexibility index (Phi) is 2.68. The lowest BCUT2D eigenvalue weighted by Gasteiger charge is -2.17. The summed E-state index contributed by atoms with van der Waals surface area (Å²) >= 11 is 7.40. The van der Waals surface area contributed by atoms with Crippen molar-refractivity contribution in [3.8, 4) is 0 Å². The van der Waals surface area contributed by atoms with Crippen LogP contribution < -0.4 is 0 Å². The van der Waals surface area contributed by atoms with Gasteiger partial charge in [0.05, 0.1) is 0 Å². The molecule has 0 amide bonds. The Balaban J connectivity index is 2.10. The van der Waals surface area contributed by atoms with Crippen LogP contribution in [0.3, 0.4) is 0 Å². The maximum absolute atomic E-state index is 12.1. The van der Waals surface area contributed by atoms with Gasteiger partial charge in [0.2, 0.25) is 0 Å². The highest BCUT2D eigenvalue weighted by molar-refractivity contribution is 7.14. The molecule has 1 nitrogen and oxygen atoms in total. The molecule has 2 rings (SSSR count). The molecule has 1 aromatic heterocycles. The van der Waals surface area contributed by atoms with E-state index in [-0.39, 0.29) is 17.1 Å². The first-order chi connectivity index (χ1) is 6.91. The molecule has 1 saturated carbocycles. The van der Waals surface area contributed by atoms with Crippen molar-refractivity contribution in [2.75, 3.05) is 0 Å². The number of thiophene rings is 1. The van der Waals surface area contributed by atoms with Crippen LogP contribution in [0.4, 0.5) is 0 Å². The molecule has 2 atom stereocenters. The topological polar surface area (TPSA) is 17.1 Å². The third-order valence-corrected chi connectivity index (χ3v) is 4.29. The second-order valence-electron chi connectivity index (χ2n) is 5.29. The Morgan fingerprint density at radius 1 is 1.53 bits per heavy atom. The van der Waals surface area contributed by atoms with Gasteiger partial charge >= 0.3 is 0 Å². The number of hydrogen-bond acceptors (Lipinski definition) is 2. The fourth-order valence-electron chi connectivity index (χ4n) is 2.11. The van der Waals surface area contributed by atoms with Gasteiger partial charge in [-0.05, 0) is 29.2 Å². The molecule has 1 aromatic rings. The third-order valence-electron chi connectivity index (χ3n) is 3.12. The number of Topliss-reactive ketones (excluding diaryl/α,β-unsaturated/α-hetero) is 1. The molecule has 15 heavy (non-hydrogen) atoms. The minimum absolute atomic E-state index is 0.206. The predicted molar refractivity (Wildman–Crippen MR) is 64.7 cm³/mol. The van der Waals surface area contributed by atoms with E-state index in [9.17, 15) is 4.79 Å². The molecule has 1 aliphatic rings. The van der Waals surface area contributed by atoms with Crippen LogP contribution in [-0.4, -0.2) is 5.78 Å². The Hall–Kier alpha value is -0.340. The average molecular weight is 243 g/mol. The Morgan fingerprint density at radius 2 is 2.20 bits per heavy atom. The van der Waals surface area contributed by atoms with Crippen LogP contribution in [0.25, 0.3) is 0 Å². The summed E-state index contributed by atoms with van der Waals surface area (Å²) in [6.07, 6.45) is 1.02. The predicted octanol–water partition coefficient (Wildman–Crippen LogP) is 4.27. The largest absolute Gasteiger partial charge is 0.294 e. The van der Waals surface area contributed by atoms with E-state index in [2.05, 4.69) is 20.8 Å². The van der Waals surface area contributed by atoms with Crippen molar-refractivity contribution in [1.82, 2.24) is 0 Å². The first-order valence-electron chi connectivity index (χ1n) is 5.18. The molecular weight excluding hydrogens is 228 g/mol. The summed E-state index contributed by atoms with van der Waals surface area (Å²) < 4.78 is 0.638. The van der Waals surface area contributed by atoms with Gasteiger partial charge in [0.1, 0.15) is 4.34 Å². The second kappa shape index (κ2) is 3.60. The van der Waals surface area contributed by atoms with Crippen LogP contribution in [-0.2, 0) is 0 Å². The van der Waals surface area contributed by atoms with E-state index < -0.39 is 0 Å². The van der Waals surface area contributed by atoms with Crippen molar-refractivity contribution in [3.05, 3.63) is 21.3 Å². The zero-order valence-electron chi connectivity index (χ0n) is 9.21. The SMILES string of the molecule is CC(C)(C)C1CC1C(=O)c1ccsc1Cl. The second-order valence-corrected chi connectivity index (χ2v) is 6.81. The number of carbonyl (C=O) groups excluding carboxylic acids is 1. The van der Waals surface area contributed by atoms with Gasteiger partial charge in [-0.25, -0.2) is 0 Å². The normalized spacial score (nSPS) is 25.3. The number of halogens is 1.